The van der Waals surface area contributed by atoms with Crippen LogP contribution in [0.4, 0.5) is 4.79 Å². The highest BCUT2D eigenvalue weighted by atomic mass is 16.5. The molecule has 1 aliphatic heterocycles. The Hall–Kier alpha value is -3.39. The molecular formula is C26H30N2O6. The second-order valence-corrected chi connectivity index (χ2v) is 8.97. The first-order chi connectivity index (χ1) is 16.4. The first-order valence-electron chi connectivity index (χ1n) is 11.6. The van der Waals surface area contributed by atoms with Gasteiger partial charge in [-0.25, -0.2) is 4.79 Å². The highest BCUT2D eigenvalue weighted by Crippen LogP contribution is 2.44. The van der Waals surface area contributed by atoms with Crippen LogP contribution in [0.2, 0.25) is 0 Å². The molecule has 0 saturated carbocycles. The lowest BCUT2D eigenvalue weighted by atomic mass is 9.92. The van der Waals surface area contributed by atoms with Crippen molar-refractivity contribution < 1.29 is 29.0 Å². The molecule has 34 heavy (non-hydrogen) atoms. The summed E-state index contributed by atoms with van der Waals surface area (Å²) < 4.78 is 11.2. The molecule has 0 aromatic heterocycles. The fraction of sp³-hybridized carbons (Fsp3) is 0.423. The van der Waals surface area contributed by atoms with Crippen molar-refractivity contribution in [2.45, 2.75) is 44.2 Å². The molecule has 2 aromatic rings. The lowest BCUT2D eigenvalue weighted by Crippen LogP contribution is -2.48. The Kier molecular flexibility index (Phi) is 7.47. The molecule has 8 heteroatoms. The zero-order valence-electron chi connectivity index (χ0n) is 19.2. The number of amides is 2. The highest BCUT2D eigenvalue weighted by Gasteiger charge is 2.32. The van der Waals surface area contributed by atoms with Crippen molar-refractivity contribution >= 4 is 18.0 Å². The summed E-state index contributed by atoms with van der Waals surface area (Å²) in [5, 5.41) is 14.5. The SMILES string of the molecule is C[C@H](CC(=O)O)NC(=O)CC1COCCC1NC(=O)OCC1c2ccccc2-c2ccccc21. The van der Waals surface area contributed by atoms with Crippen molar-refractivity contribution in [1.29, 1.82) is 0 Å². The van der Waals surface area contributed by atoms with E-state index in [9.17, 15) is 14.4 Å². The molecule has 1 fully saturated rings. The number of carboxylic acid groups (broad SMARTS) is 1. The summed E-state index contributed by atoms with van der Waals surface area (Å²) in [6, 6.07) is 15.6. The molecule has 180 valence electrons. The van der Waals surface area contributed by atoms with Crippen LogP contribution in [0.1, 0.15) is 43.2 Å². The Morgan fingerprint density at radius 3 is 2.38 bits per heavy atom. The fourth-order valence-electron chi connectivity index (χ4n) is 4.86. The molecule has 0 spiro atoms. The summed E-state index contributed by atoms with van der Waals surface area (Å²) in [4.78, 5) is 35.9. The van der Waals surface area contributed by atoms with Crippen molar-refractivity contribution in [3.8, 4) is 11.1 Å². The molecule has 0 radical (unpaired) electrons. The van der Waals surface area contributed by atoms with Gasteiger partial charge in [-0.1, -0.05) is 48.5 Å². The van der Waals surface area contributed by atoms with Gasteiger partial charge in [0.1, 0.15) is 6.61 Å². The van der Waals surface area contributed by atoms with E-state index in [-0.39, 0.29) is 43.2 Å². The average molecular weight is 467 g/mol. The predicted molar refractivity (Wildman–Crippen MR) is 125 cm³/mol. The number of carboxylic acids is 1. The van der Waals surface area contributed by atoms with Crippen LogP contribution in [0.25, 0.3) is 11.1 Å². The Bertz CT molecular complexity index is 1010. The minimum Gasteiger partial charge on any atom is -0.481 e. The average Bonchev–Trinajstić information content (AvgIpc) is 3.12. The van der Waals surface area contributed by atoms with Crippen LogP contribution < -0.4 is 10.6 Å². The summed E-state index contributed by atoms with van der Waals surface area (Å²) >= 11 is 0. The van der Waals surface area contributed by atoms with Crippen LogP contribution in [0, 0.1) is 5.92 Å². The van der Waals surface area contributed by atoms with Crippen LogP contribution in [0.15, 0.2) is 48.5 Å². The Morgan fingerprint density at radius 1 is 1.09 bits per heavy atom. The van der Waals surface area contributed by atoms with Gasteiger partial charge in [0.2, 0.25) is 5.91 Å². The smallest absolute Gasteiger partial charge is 0.407 e. The van der Waals surface area contributed by atoms with Gasteiger partial charge in [0.05, 0.1) is 13.0 Å². The quantitative estimate of drug-likeness (QED) is 0.550. The van der Waals surface area contributed by atoms with Crippen molar-refractivity contribution in [1.82, 2.24) is 10.6 Å². The molecule has 8 nitrogen and oxygen atoms in total. The number of carbonyl (C=O) groups excluding carboxylic acids is 2. The van der Waals surface area contributed by atoms with E-state index in [0.717, 1.165) is 11.1 Å². The van der Waals surface area contributed by atoms with Gasteiger partial charge in [0.25, 0.3) is 0 Å². The third kappa shape index (κ3) is 5.56. The Balaban J connectivity index is 1.33. The van der Waals surface area contributed by atoms with Crippen molar-refractivity contribution in [3.63, 3.8) is 0 Å². The maximum atomic E-state index is 12.7. The molecule has 4 rings (SSSR count). The van der Waals surface area contributed by atoms with Crippen molar-refractivity contribution in [2.24, 2.45) is 5.92 Å². The van der Waals surface area contributed by atoms with Crippen molar-refractivity contribution in [2.75, 3.05) is 19.8 Å². The van der Waals surface area contributed by atoms with E-state index in [1.165, 1.54) is 11.1 Å². The fourth-order valence-corrected chi connectivity index (χ4v) is 4.86. The molecule has 2 aromatic carbocycles. The van der Waals surface area contributed by atoms with Gasteiger partial charge >= 0.3 is 12.1 Å². The van der Waals surface area contributed by atoms with Gasteiger partial charge in [-0.05, 0) is 35.6 Å². The molecule has 0 bridgehead atoms. The second kappa shape index (κ2) is 10.7. The number of nitrogens with one attached hydrogen (secondary N) is 2. The summed E-state index contributed by atoms with van der Waals surface area (Å²) in [6.07, 6.45) is 0.0535. The summed E-state index contributed by atoms with van der Waals surface area (Å²) in [6.45, 7) is 2.70. The van der Waals surface area contributed by atoms with Gasteiger partial charge in [0.15, 0.2) is 0 Å². The highest BCUT2D eigenvalue weighted by molar-refractivity contribution is 5.79. The van der Waals surface area contributed by atoms with Crippen molar-refractivity contribution in [3.05, 3.63) is 59.7 Å². The molecule has 2 unspecified atom stereocenters. The Labute approximate surface area is 198 Å². The number of carbonyl (C=O) groups is 3. The first kappa shape index (κ1) is 23.8. The summed E-state index contributed by atoms with van der Waals surface area (Å²) in [7, 11) is 0. The van der Waals surface area contributed by atoms with E-state index in [0.29, 0.717) is 19.6 Å². The molecule has 2 aliphatic rings. The summed E-state index contributed by atoms with van der Waals surface area (Å²) in [5.41, 5.74) is 4.62. The van der Waals surface area contributed by atoms with Crippen LogP contribution in [-0.2, 0) is 19.1 Å². The van der Waals surface area contributed by atoms with Gasteiger partial charge in [0, 0.05) is 36.9 Å². The molecule has 2 amide bonds. The van der Waals surface area contributed by atoms with E-state index < -0.39 is 18.1 Å². The lowest BCUT2D eigenvalue weighted by Gasteiger charge is -2.32. The number of ether oxygens (including phenoxy) is 2. The van der Waals surface area contributed by atoms with Gasteiger partial charge in [-0.2, -0.15) is 0 Å². The molecular weight excluding hydrogens is 436 g/mol. The number of alkyl carbamates (subject to hydrolysis) is 1. The normalized spacial score (nSPS) is 20.0. The minimum absolute atomic E-state index is 0.0230. The molecule has 1 aliphatic carbocycles. The minimum atomic E-state index is -0.969. The zero-order chi connectivity index (χ0) is 24.1. The second-order valence-electron chi connectivity index (χ2n) is 8.97. The maximum Gasteiger partial charge on any atom is 0.407 e. The number of aliphatic carboxylic acids is 1. The number of hydrogen-bond donors (Lipinski definition) is 3. The molecule has 1 heterocycles. The van der Waals surface area contributed by atoms with Crippen LogP contribution in [0.3, 0.4) is 0 Å². The van der Waals surface area contributed by atoms with E-state index in [1.54, 1.807) is 6.92 Å². The zero-order valence-corrected chi connectivity index (χ0v) is 19.2. The third-order valence-electron chi connectivity index (χ3n) is 6.46. The van der Waals surface area contributed by atoms with E-state index in [4.69, 9.17) is 14.6 Å². The number of fused-ring (bicyclic) bond motifs is 3. The maximum absolute atomic E-state index is 12.7. The van der Waals surface area contributed by atoms with E-state index in [2.05, 4.69) is 34.9 Å². The van der Waals surface area contributed by atoms with Gasteiger partial charge < -0.3 is 25.2 Å². The number of hydrogen-bond acceptors (Lipinski definition) is 5. The van der Waals surface area contributed by atoms with E-state index in [1.807, 2.05) is 24.3 Å². The number of rotatable bonds is 8. The first-order valence-corrected chi connectivity index (χ1v) is 11.6. The van der Waals surface area contributed by atoms with Gasteiger partial charge in [-0.15, -0.1) is 0 Å². The van der Waals surface area contributed by atoms with Crippen LogP contribution in [0.5, 0.6) is 0 Å². The van der Waals surface area contributed by atoms with Crippen LogP contribution in [-0.4, -0.2) is 55.0 Å². The topological polar surface area (TPSA) is 114 Å². The van der Waals surface area contributed by atoms with E-state index >= 15 is 0 Å². The predicted octanol–water partition coefficient (Wildman–Crippen LogP) is 3.30. The monoisotopic (exact) mass is 466 g/mol. The third-order valence-corrected chi connectivity index (χ3v) is 6.46. The molecule has 3 atom stereocenters. The molecule has 1 saturated heterocycles. The molecule has 3 N–H and O–H groups in total. The lowest BCUT2D eigenvalue weighted by molar-refractivity contribution is -0.137. The largest absolute Gasteiger partial charge is 0.481 e. The number of benzene rings is 2. The van der Waals surface area contributed by atoms with Crippen LogP contribution >= 0.6 is 0 Å². The van der Waals surface area contributed by atoms with Gasteiger partial charge in [-0.3, -0.25) is 9.59 Å². The summed E-state index contributed by atoms with van der Waals surface area (Å²) in [5.74, 6) is -1.47. The standard InChI is InChI=1S/C26H30N2O6/c1-16(12-25(30)31)27-24(29)13-17-14-33-11-10-23(17)28-26(32)34-15-22-20-8-4-2-6-18(20)19-7-3-5-9-21(19)22/h2-9,16-17,22-23H,10-15H2,1H3,(H,27,29)(H,28,32)(H,30,31)/t16-,17?,23?/m1/s1. The Morgan fingerprint density at radius 2 is 1.74 bits per heavy atom.